The lowest BCUT2D eigenvalue weighted by Gasteiger charge is -2.25. The Balaban J connectivity index is 2.39. The van der Waals surface area contributed by atoms with E-state index in [2.05, 4.69) is 5.32 Å². The molecule has 0 aromatic heterocycles. The fourth-order valence-electron chi connectivity index (χ4n) is 1.39. The maximum Gasteiger partial charge on any atom is 0.407 e. The zero-order chi connectivity index (χ0) is 12.6. The highest BCUT2D eigenvalue weighted by Crippen LogP contribution is 2.31. The zero-order valence-electron chi connectivity index (χ0n) is 10.5. The van der Waals surface area contributed by atoms with Gasteiger partial charge >= 0.3 is 6.09 Å². The number of nitrogens with one attached hydrogen (secondary N) is 1. The SMILES string of the molecule is CC(NC(=O)OC(C)(C)C)C(O)C1(C)CO1. The van der Waals surface area contributed by atoms with Crippen molar-refractivity contribution >= 4 is 6.09 Å². The molecule has 1 rings (SSSR count). The van der Waals surface area contributed by atoms with Gasteiger partial charge in [0, 0.05) is 0 Å². The van der Waals surface area contributed by atoms with E-state index in [1.165, 1.54) is 0 Å². The second-order valence-electron chi connectivity index (χ2n) is 5.48. The quantitative estimate of drug-likeness (QED) is 0.712. The van der Waals surface area contributed by atoms with Crippen molar-refractivity contribution in [1.82, 2.24) is 5.32 Å². The van der Waals surface area contributed by atoms with Gasteiger partial charge in [0.25, 0.3) is 0 Å². The van der Waals surface area contributed by atoms with Gasteiger partial charge in [-0.1, -0.05) is 0 Å². The average molecular weight is 231 g/mol. The first-order chi connectivity index (χ1) is 7.14. The summed E-state index contributed by atoms with van der Waals surface area (Å²) in [7, 11) is 0. The molecule has 5 heteroatoms. The van der Waals surface area contributed by atoms with Crippen LogP contribution in [0.25, 0.3) is 0 Å². The normalized spacial score (nSPS) is 28.1. The molecule has 3 unspecified atom stereocenters. The summed E-state index contributed by atoms with van der Waals surface area (Å²) in [5.74, 6) is 0. The van der Waals surface area contributed by atoms with Crippen LogP contribution in [-0.2, 0) is 9.47 Å². The summed E-state index contributed by atoms with van der Waals surface area (Å²) in [6.07, 6.45) is -1.25. The Bertz CT molecular complexity index is 268. The number of hydrogen-bond acceptors (Lipinski definition) is 4. The topological polar surface area (TPSA) is 71.1 Å². The molecular formula is C11H21NO4. The van der Waals surface area contributed by atoms with Gasteiger partial charge in [0.1, 0.15) is 17.3 Å². The number of carbonyl (C=O) groups excluding carboxylic acids is 1. The lowest BCUT2D eigenvalue weighted by atomic mass is 10.00. The predicted octanol–water partition coefficient (Wildman–Crippen LogP) is 1.05. The van der Waals surface area contributed by atoms with Crippen molar-refractivity contribution in [1.29, 1.82) is 0 Å². The number of aliphatic hydroxyl groups excluding tert-OH is 1. The van der Waals surface area contributed by atoms with E-state index in [1.54, 1.807) is 27.7 Å². The van der Waals surface area contributed by atoms with Crippen molar-refractivity contribution in [3.8, 4) is 0 Å². The number of hydrogen-bond donors (Lipinski definition) is 2. The first kappa shape index (κ1) is 13.3. The highest BCUT2D eigenvalue weighted by atomic mass is 16.6. The minimum atomic E-state index is -0.722. The maximum absolute atomic E-state index is 11.4. The lowest BCUT2D eigenvalue weighted by Crippen LogP contribution is -2.48. The number of ether oxygens (including phenoxy) is 2. The molecule has 0 aliphatic carbocycles. The van der Waals surface area contributed by atoms with Crippen molar-refractivity contribution < 1.29 is 19.4 Å². The Hall–Kier alpha value is -0.810. The molecule has 94 valence electrons. The van der Waals surface area contributed by atoms with Gasteiger partial charge in [-0.2, -0.15) is 0 Å². The molecule has 1 aliphatic rings. The van der Waals surface area contributed by atoms with Crippen molar-refractivity contribution in [2.45, 2.75) is 58.0 Å². The van der Waals surface area contributed by atoms with E-state index in [9.17, 15) is 9.90 Å². The van der Waals surface area contributed by atoms with Gasteiger partial charge in [0.15, 0.2) is 0 Å². The van der Waals surface area contributed by atoms with Gasteiger partial charge in [-0.3, -0.25) is 0 Å². The van der Waals surface area contributed by atoms with Crippen LogP contribution in [0.2, 0.25) is 0 Å². The Labute approximate surface area is 96.1 Å². The Kier molecular flexibility index (Phi) is 3.50. The van der Waals surface area contributed by atoms with Gasteiger partial charge < -0.3 is 19.9 Å². The van der Waals surface area contributed by atoms with Crippen LogP contribution in [0.15, 0.2) is 0 Å². The highest BCUT2D eigenvalue weighted by Gasteiger charge is 2.49. The van der Waals surface area contributed by atoms with Gasteiger partial charge in [-0.05, 0) is 34.6 Å². The molecule has 0 radical (unpaired) electrons. The lowest BCUT2D eigenvalue weighted by molar-refractivity contribution is 0.0300. The van der Waals surface area contributed by atoms with Crippen LogP contribution in [-0.4, -0.2) is 41.2 Å². The van der Waals surface area contributed by atoms with Gasteiger partial charge in [-0.15, -0.1) is 0 Å². The second-order valence-corrected chi connectivity index (χ2v) is 5.48. The molecule has 16 heavy (non-hydrogen) atoms. The Morgan fingerprint density at radius 3 is 2.44 bits per heavy atom. The van der Waals surface area contributed by atoms with E-state index in [0.29, 0.717) is 6.61 Å². The van der Waals surface area contributed by atoms with E-state index in [-0.39, 0.29) is 0 Å². The second kappa shape index (κ2) is 4.22. The molecule has 3 atom stereocenters. The van der Waals surface area contributed by atoms with E-state index in [1.807, 2.05) is 6.92 Å². The predicted molar refractivity (Wildman–Crippen MR) is 59.2 cm³/mol. The zero-order valence-corrected chi connectivity index (χ0v) is 10.5. The van der Waals surface area contributed by atoms with E-state index in [4.69, 9.17) is 9.47 Å². The molecule has 1 heterocycles. The van der Waals surface area contributed by atoms with Crippen LogP contribution >= 0.6 is 0 Å². The molecule has 1 aliphatic heterocycles. The first-order valence-corrected chi connectivity index (χ1v) is 5.45. The molecule has 1 saturated heterocycles. The van der Waals surface area contributed by atoms with E-state index < -0.39 is 29.4 Å². The molecule has 0 aromatic carbocycles. The van der Waals surface area contributed by atoms with Crippen molar-refractivity contribution in [3.63, 3.8) is 0 Å². The molecule has 2 N–H and O–H groups in total. The summed E-state index contributed by atoms with van der Waals surface area (Å²) in [6.45, 7) is 9.43. The third-order valence-electron chi connectivity index (χ3n) is 2.44. The van der Waals surface area contributed by atoms with Crippen LogP contribution in [0.5, 0.6) is 0 Å². The molecule has 5 nitrogen and oxygen atoms in total. The number of alkyl carbamates (subject to hydrolysis) is 1. The molecule has 1 fully saturated rings. The summed E-state index contributed by atoms with van der Waals surface area (Å²) >= 11 is 0. The largest absolute Gasteiger partial charge is 0.444 e. The summed E-state index contributed by atoms with van der Waals surface area (Å²) in [4.78, 5) is 11.4. The van der Waals surface area contributed by atoms with Gasteiger partial charge in [0.05, 0.1) is 12.6 Å². The minimum absolute atomic E-state index is 0.401. The monoisotopic (exact) mass is 231 g/mol. The molecule has 1 amide bonds. The van der Waals surface area contributed by atoms with Gasteiger partial charge in [0.2, 0.25) is 0 Å². The van der Waals surface area contributed by atoms with Crippen molar-refractivity contribution in [2.24, 2.45) is 0 Å². The maximum atomic E-state index is 11.4. The van der Waals surface area contributed by atoms with Crippen molar-refractivity contribution in [2.75, 3.05) is 6.61 Å². The van der Waals surface area contributed by atoms with Crippen LogP contribution in [0, 0.1) is 0 Å². The number of aliphatic hydroxyl groups is 1. The standard InChI is InChI=1S/C11H21NO4/c1-7(8(13)11(5)6-15-11)12-9(14)16-10(2,3)4/h7-8,13H,6H2,1-5H3,(H,12,14). The van der Waals surface area contributed by atoms with Crippen molar-refractivity contribution in [3.05, 3.63) is 0 Å². The molecule has 0 bridgehead atoms. The number of amides is 1. The third-order valence-corrected chi connectivity index (χ3v) is 2.44. The minimum Gasteiger partial charge on any atom is -0.444 e. The fourth-order valence-corrected chi connectivity index (χ4v) is 1.39. The van der Waals surface area contributed by atoms with Crippen LogP contribution in [0.1, 0.15) is 34.6 Å². The molecular weight excluding hydrogens is 210 g/mol. The number of epoxide rings is 1. The van der Waals surface area contributed by atoms with Crippen LogP contribution in [0.3, 0.4) is 0 Å². The molecule has 0 aromatic rings. The Morgan fingerprint density at radius 2 is 2.06 bits per heavy atom. The summed E-state index contributed by atoms with van der Waals surface area (Å²) in [6, 6.07) is -0.401. The Morgan fingerprint density at radius 1 is 1.56 bits per heavy atom. The van der Waals surface area contributed by atoms with Gasteiger partial charge in [-0.25, -0.2) is 4.79 Å². The highest BCUT2D eigenvalue weighted by molar-refractivity contribution is 5.68. The summed E-state index contributed by atoms with van der Waals surface area (Å²) in [5.41, 5.74) is -1.05. The number of rotatable bonds is 3. The van der Waals surface area contributed by atoms with E-state index in [0.717, 1.165) is 0 Å². The molecule has 0 spiro atoms. The van der Waals surface area contributed by atoms with Crippen LogP contribution in [0.4, 0.5) is 4.79 Å². The first-order valence-electron chi connectivity index (χ1n) is 5.45. The molecule has 0 saturated carbocycles. The average Bonchev–Trinajstić information content (AvgIpc) is 2.79. The summed E-state index contributed by atoms with van der Waals surface area (Å²) < 4.78 is 10.2. The summed E-state index contributed by atoms with van der Waals surface area (Å²) in [5, 5.41) is 12.5. The smallest absolute Gasteiger partial charge is 0.407 e. The number of carbonyl (C=O) groups is 1. The van der Waals surface area contributed by atoms with Crippen LogP contribution < -0.4 is 5.32 Å². The fraction of sp³-hybridized carbons (Fsp3) is 0.909. The third kappa shape index (κ3) is 3.64. The van der Waals surface area contributed by atoms with E-state index >= 15 is 0 Å².